The molecule has 1 aromatic carbocycles. The van der Waals surface area contributed by atoms with E-state index in [4.69, 9.17) is 15.2 Å². The van der Waals surface area contributed by atoms with Crippen molar-refractivity contribution in [1.82, 2.24) is 5.32 Å². The Labute approximate surface area is 107 Å². The van der Waals surface area contributed by atoms with Crippen LogP contribution in [0.15, 0.2) is 18.2 Å². The largest absolute Gasteiger partial charge is 0.493 e. The highest BCUT2D eigenvalue weighted by Crippen LogP contribution is 2.27. The van der Waals surface area contributed by atoms with Gasteiger partial charge in [0.2, 0.25) is 5.91 Å². The van der Waals surface area contributed by atoms with E-state index >= 15 is 0 Å². The van der Waals surface area contributed by atoms with Crippen molar-refractivity contribution in [3.8, 4) is 11.5 Å². The monoisotopic (exact) mass is 252 g/mol. The van der Waals surface area contributed by atoms with Gasteiger partial charge in [-0.05, 0) is 31.0 Å². The molecule has 0 aliphatic carbocycles. The van der Waals surface area contributed by atoms with Crippen LogP contribution >= 0.6 is 0 Å². The van der Waals surface area contributed by atoms with Crippen LogP contribution in [0.25, 0.3) is 0 Å². The van der Waals surface area contributed by atoms with Crippen molar-refractivity contribution < 1.29 is 14.3 Å². The summed E-state index contributed by atoms with van der Waals surface area (Å²) in [6, 6.07) is 5.74. The SMILES string of the molecule is COc1ccc(CC(C)NC(=O)CN)cc1OC. The van der Waals surface area contributed by atoms with E-state index in [-0.39, 0.29) is 18.5 Å². The first-order valence-corrected chi connectivity index (χ1v) is 5.81. The van der Waals surface area contributed by atoms with Crippen molar-refractivity contribution in [3.63, 3.8) is 0 Å². The van der Waals surface area contributed by atoms with Crippen LogP contribution in [-0.4, -0.2) is 32.7 Å². The molecule has 0 heterocycles. The van der Waals surface area contributed by atoms with E-state index in [1.54, 1.807) is 14.2 Å². The van der Waals surface area contributed by atoms with Crippen molar-refractivity contribution in [1.29, 1.82) is 0 Å². The number of carbonyl (C=O) groups is 1. The molecule has 0 saturated carbocycles. The van der Waals surface area contributed by atoms with Crippen LogP contribution in [0.2, 0.25) is 0 Å². The lowest BCUT2D eigenvalue weighted by molar-refractivity contribution is -0.120. The average Bonchev–Trinajstić information content (AvgIpc) is 2.38. The van der Waals surface area contributed by atoms with Crippen LogP contribution in [0.3, 0.4) is 0 Å². The predicted octanol–water partition coefficient (Wildman–Crippen LogP) is 0.710. The summed E-state index contributed by atoms with van der Waals surface area (Å²) in [7, 11) is 3.20. The molecule has 0 aliphatic rings. The number of hydrogen-bond donors (Lipinski definition) is 2. The van der Waals surface area contributed by atoms with E-state index in [0.29, 0.717) is 17.9 Å². The minimum Gasteiger partial charge on any atom is -0.493 e. The molecule has 0 fully saturated rings. The number of methoxy groups -OCH3 is 2. The fourth-order valence-corrected chi connectivity index (χ4v) is 1.75. The maximum absolute atomic E-state index is 11.2. The first-order chi connectivity index (χ1) is 8.60. The highest BCUT2D eigenvalue weighted by molar-refractivity contribution is 5.78. The highest BCUT2D eigenvalue weighted by Gasteiger charge is 2.09. The fourth-order valence-electron chi connectivity index (χ4n) is 1.75. The van der Waals surface area contributed by atoms with E-state index in [9.17, 15) is 4.79 Å². The van der Waals surface area contributed by atoms with Gasteiger partial charge in [0.1, 0.15) is 0 Å². The Morgan fingerprint density at radius 2 is 2.00 bits per heavy atom. The molecule has 0 spiro atoms. The van der Waals surface area contributed by atoms with Gasteiger partial charge >= 0.3 is 0 Å². The molecule has 1 aromatic rings. The summed E-state index contributed by atoms with van der Waals surface area (Å²) in [5, 5.41) is 2.81. The van der Waals surface area contributed by atoms with Gasteiger partial charge in [0, 0.05) is 6.04 Å². The van der Waals surface area contributed by atoms with Crippen LogP contribution < -0.4 is 20.5 Å². The van der Waals surface area contributed by atoms with Gasteiger partial charge in [-0.25, -0.2) is 0 Å². The molecule has 0 bridgehead atoms. The van der Waals surface area contributed by atoms with Gasteiger partial charge in [0.05, 0.1) is 20.8 Å². The highest BCUT2D eigenvalue weighted by atomic mass is 16.5. The lowest BCUT2D eigenvalue weighted by Crippen LogP contribution is -2.38. The third-order valence-electron chi connectivity index (χ3n) is 2.58. The minimum absolute atomic E-state index is 0.0102. The average molecular weight is 252 g/mol. The summed E-state index contributed by atoms with van der Waals surface area (Å²) in [5.74, 6) is 1.23. The van der Waals surface area contributed by atoms with E-state index in [0.717, 1.165) is 5.56 Å². The lowest BCUT2D eigenvalue weighted by Gasteiger charge is -2.15. The number of hydrogen-bond acceptors (Lipinski definition) is 4. The lowest BCUT2D eigenvalue weighted by atomic mass is 10.1. The molecule has 1 unspecified atom stereocenters. The molecular formula is C13H20N2O3. The van der Waals surface area contributed by atoms with Crippen molar-refractivity contribution >= 4 is 5.91 Å². The Balaban J connectivity index is 2.70. The Hall–Kier alpha value is -1.75. The first kappa shape index (κ1) is 14.3. The number of carbonyl (C=O) groups excluding carboxylic acids is 1. The summed E-state index contributed by atoms with van der Waals surface area (Å²) in [6.45, 7) is 1.94. The molecule has 1 amide bonds. The van der Waals surface area contributed by atoms with Crippen molar-refractivity contribution in [3.05, 3.63) is 23.8 Å². The zero-order chi connectivity index (χ0) is 13.5. The molecule has 18 heavy (non-hydrogen) atoms. The number of nitrogens with one attached hydrogen (secondary N) is 1. The molecule has 0 saturated heterocycles. The zero-order valence-electron chi connectivity index (χ0n) is 11.0. The molecule has 5 heteroatoms. The van der Waals surface area contributed by atoms with Gasteiger partial charge in [0.15, 0.2) is 11.5 Å². The Morgan fingerprint density at radius 3 is 2.56 bits per heavy atom. The fraction of sp³-hybridized carbons (Fsp3) is 0.462. The topological polar surface area (TPSA) is 73.6 Å². The van der Waals surface area contributed by atoms with Gasteiger partial charge in [0.25, 0.3) is 0 Å². The third-order valence-corrected chi connectivity index (χ3v) is 2.58. The second-order valence-electron chi connectivity index (χ2n) is 4.07. The van der Waals surface area contributed by atoms with Crippen LogP contribution in [0.4, 0.5) is 0 Å². The summed E-state index contributed by atoms with van der Waals surface area (Å²) < 4.78 is 10.4. The smallest absolute Gasteiger partial charge is 0.233 e. The summed E-state index contributed by atoms with van der Waals surface area (Å²) in [4.78, 5) is 11.2. The van der Waals surface area contributed by atoms with E-state index in [2.05, 4.69) is 5.32 Å². The van der Waals surface area contributed by atoms with Crippen LogP contribution in [0.1, 0.15) is 12.5 Å². The maximum atomic E-state index is 11.2. The summed E-state index contributed by atoms with van der Waals surface area (Å²) >= 11 is 0. The first-order valence-electron chi connectivity index (χ1n) is 5.81. The molecule has 3 N–H and O–H groups in total. The molecule has 0 radical (unpaired) electrons. The molecule has 100 valence electrons. The van der Waals surface area contributed by atoms with Crippen LogP contribution in [-0.2, 0) is 11.2 Å². The number of benzene rings is 1. The van der Waals surface area contributed by atoms with Crippen molar-refractivity contribution in [2.24, 2.45) is 5.73 Å². The van der Waals surface area contributed by atoms with E-state index < -0.39 is 0 Å². The molecule has 0 aliphatic heterocycles. The summed E-state index contributed by atoms with van der Waals surface area (Å²) in [6.07, 6.45) is 0.714. The quantitative estimate of drug-likeness (QED) is 0.782. The van der Waals surface area contributed by atoms with Gasteiger partial charge in [-0.2, -0.15) is 0 Å². The molecular weight excluding hydrogens is 232 g/mol. The minimum atomic E-state index is -0.150. The summed E-state index contributed by atoms with van der Waals surface area (Å²) in [5.41, 5.74) is 6.32. The standard InChI is InChI=1S/C13H20N2O3/c1-9(15-13(16)8-14)6-10-4-5-11(17-2)12(7-10)18-3/h4-5,7,9H,6,8,14H2,1-3H3,(H,15,16). The van der Waals surface area contributed by atoms with Gasteiger partial charge in [-0.3, -0.25) is 4.79 Å². The van der Waals surface area contributed by atoms with Gasteiger partial charge < -0.3 is 20.5 Å². The third kappa shape index (κ3) is 3.92. The second-order valence-corrected chi connectivity index (χ2v) is 4.07. The predicted molar refractivity (Wildman–Crippen MR) is 69.9 cm³/mol. The molecule has 1 atom stereocenters. The number of ether oxygens (including phenoxy) is 2. The zero-order valence-corrected chi connectivity index (χ0v) is 11.0. The van der Waals surface area contributed by atoms with Gasteiger partial charge in [-0.15, -0.1) is 0 Å². The van der Waals surface area contributed by atoms with Crippen molar-refractivity contribution in [2.75, 3.05) is 20.8 Å². The maximum Gasteiger partial charge on any atom is 0.233 e. The van der Waals surface area contributed by atoms with Gasteiger partial charge in [-0.1, -0.05) is 6.07 Å². The normalized spacial score (nSPS) is 11.8. The molecule has 5 nitrogen and oxygen atoms in total. The Kier molecular flexibility index (Phi) is 5.45. The number of rotatable bonds is 6. The number of nitrogens with two attached hydrogens (primary N) is 1. The van der Waals surface area contributed by atoms with E-state index in [1.807, 2.05) is 25.1 Å². The number of amides is 1. The Morgan fingerprint density at radius 1 is 1.33 bits per heavy atom. The second kappa shape index (κ2) is 6.86. The van der Waals surface area contributed by atoms with E-state index in [1.165, 1.54) is 0 Å². The molecule has 1 rings (SSSR count). The molecule has 0 aromatic heterocycles. The Bertz CT molecular complexity index is 407. The van der Waals surface area contributed by atoms with Crippen LogP contribution in [0, 0.1) is 0 Å². The van der Waals surface area contributed by atoms with Crippen molar-refractivity contribution in [2.45, 2.75) is 19.4 Å². The van der Waals surface area contributed by atoms with Crippen LogP contribution in [0.5, 0.6) is 11.5 Å².